The van der Waals surface area contributed by atoms with E-state index in [-0.39, 0.29) is 5.82 Å². The van der Waals surface area contributed by atoms with E-state index in [0.29, 0.717) is 17.3 Å². The molecule has 0 amide bonds. The lowest BCUT2D eigenvalue weighted by Gasteiger charge is -2.06. The van der Waals surface area contributed by atoms with E-state index in [2.05, 4.69) is 21.2 Å². The first kappa shape index (κ1) is 11.9. The molecular formula is C11H8BrClFNS. The highest BCUT2D eigenvalue weighted by Crippen LogP contribution is 2.23. The third-order valence-electron chi connectivity index (χ3n) is 2.03. The Balaban J connectivity index is 2.07. The highest BCUT2D eigenvalue weighted by molar-refractivity contribution is 9.11. The first-order valence-electron chi connectivity index (χ1n) is 4.57. The van der Waals surface area contributed by atoms with Crippen molar-refractivity contribution in [1.82, 2.24) is 0 Å². The molecule has 0 saturated carbocycles. The molecule has 0 unspecified atom stereocenters. The molecule has 0 atom stereocenters. The average Bonchev–Trinajstić information content (AvgIpc) is 2.66. The summed E-state index contributed by atoms with van der Waals surface area (Å²) in [5.41, 5.74) is 1.53. The standard InChI is InChI=1S/C11H8BrClFNS/c12-11-3-7(6-16-11)5-15-10-4-8(13)1-2-9(10)14/h1-4,6,15H,5H2. The predicted octanol–water partition coefficient (Wildman–Crippen LogP) is 4.92. The lowest BCUT2D eigenvalue weighted by atomic mass is 10.3. The van der Waals surface area contributed by atoms with E-state index in [1.54, 1.807) is 17.4 Å². The number of hydrogen-bond acceptors (Lipinski definition) is 2. The van der Waals surface area contributed by atoms with Crippen LogP contribution in [0.3, 0.4) is 0 Å². The van der Waals surface area contributed by atoms with Crippen LogP contribution in [0.2, 0.25) is 5.02 Å². The molecule has 0 fully saturated rings. The summed E-state index contributed by atoms with van der Waals surface area (Å²) in [6, 6.07) is 6.47. The van der Waals surface area contributed by atoms with E-state index < -0.39 is 0 Å². The minimum absolute atomic E-state index is 0.293. The van der Waals surface area contributed by atoms with Crippen LogP contribution in [0, 0.1) is 5.82 Å². The van der Waals surface area contributed by atoms with E-state index in [4.69, 9.17) is 11.6 Å². The van der Waals surface area contributed by atoms with Crippen LogP contribution in [0.25, 0.3) is 0 Å². The predicted molar refractivity (Wildman–Crippen MR) is 70.8 cm³/mol. The third-order valence-corrected chi connectivity index (χ3v) is 3.82. The van der Waals surface area contributed by atoms with Crippen molar-refractivity contribution in [3.63, 3.8) is 0 Å². The topological polar surface area (TPSA) is 12.0 Å². The van der Waals surface area contributed by atoms with E-state index in [0.717, 1.165) is 9.35 Å². The molecule has 84 valence electrons. The van der Waals surface area contributed by atoms with Gasteiger partial charge in [-0.25, -0.2) is 4.39 Å². The Hall–Kier alpha value is -0.580. The molecule has 2 aromatic rings. The van der Waals surface area contributed by atoms with Gasteiger partial charge in [-0.3, -0.25) is 0 Å². The Labute approximate surface area is 110 Å². The second-order valence-electron chi connectivity index (χ2n) is 3.24. The Morgan fingerprint density at radius 1 is 1.38 bits per heavy atom. The first-order chi connectivity index (χ1) is 7.65. The molecule has 1 heterocycles. The number of nitrogens with one attached hydrogen (secondary N) is 1. The maximum atomic E-state index is 13.3. The molecule has 0 aliphatic heterocycles. The quantitative estimate of drug-likeness (QED) is 0.847. The summed E-state index contributed by atoms with van der Waals surface area (Å²) in [6.07, 6.45) is 0. The second kappa shape index (κ2) is 5.17. The Morgan fingerprint density at radius 3 is 2.88 bits per heavy atom. The number of anilines is 1. The maximum absolute atomic E-state index is 13.3. The fourth-order valence-electron chi connectivity index (χ4n) is 1.27. The SMILES string of the molecule is Fc1ccc(Cl)cc1NCc1csc(Br)c1. The molecule has 0 aliphatic rings. The zero-order chi connectivity index (χ0) is 11.5. The van der Waals surface area contributed by atoms with Gasteiger partial charge < -0.3 is 5.32 Å². The molecule has 0 spiro atoms. The monoisotopic (exact) mass is 319 g/mol. The summed E-state index contributed by atoms with van der Waals surface area (Å²) in [5, 5.41) is 5.55. The zero-order valence-electron chi connectivity index (χ0n) is 8.14. The minimum Gasteiger partial charge on any atom is -0.379 e. The highest BCUT2D eigenvalue weighted by atomic mass is 79.9. The van der Waals surface area contributed by atoms with Crippen molar-refractivity contribution in [3.05, 3.63) is 49.8 Å². The van der Waals surface area contributed by atoms with Gasteiger partial charge in [0.1, 0.15) is 5.82 Å². The minimum atomic E-state index is -0.293. The van der Waals surface area contributed by atoms with Gasteiger partial charge in [0.15, 0.2) is 0 Å². The van der Waals surface area contributed by atoms with Crippen LogP contribution in [-0.4, -0.2) is 0 Å². The molecule has 0 radical (unpaired) electrons. The van der Waals surface area contributed by atoms with E-state index in [1.165, 1.54) is 12.1 Å². The smallest absolute Gasteiger partial charge is 0.146 e. The van der Waals surface area contributed by atoms with Crippen molar-refractivity contribution in [1.29, 1.82) is 0 Å². The Morgan fingerprint density at radius 2 is 2.19 bits per heavy atom. The van der Waals surface area contributed by atoms with Gasteiger partial charge in [-0.1, -0.05) is 11.6 Å². The van der Waals surface area contributed by atoms with Crippen LogP contribution in [0.5, 0.6) is 0 Å². The molecule has 1 nitrogen and oxygen atoms in total. The third kappa shape index (κ3) is 2.97. The number of rotatable bonds is 3. The maximum Gasteiger partial charge on any atom is 0.146 e. The van der Waals surface area contributed by atoms with Crippen molar-refractivity contribution in [2.75, 3.05) is 5.32 Å². The molecule has 0 bridgehead atoms. The highest BCUT2D eigenvalue weighted by Gasteiger charge is 2.03. The van der Waals surface area contributed by atoms with Gasteiger partial charge in [-0.2, -0.15) is 0 Å². The molecule has 5 heteroatoms. The van der Waals surface area contributed by atoms with Gasteiger partial charge >= 0.3 is 0 Å². The largest absolute Gasteiger partial charge is 0.379 e. The molecule has 2 rings (SSSR count). The van der Waals surface area contributed by atoms with E-state index in [1.807, 2.05) is 11.4 Å². The Bertz CT molecular complexity index is 500. The molecule has 1 aromatic carbocycles. The van der Waals surface area contributed by atoms with Crippen LogP contribution < -0.4 is 5.32 Å². The average molecular weight is 321 g/mol. The molecule has 0 saturated heterocycles. The summed E-state index contributed by atoms with van der Waals surface area (Å²) in [7, 11) is 0. The molecular weight excluding hydrogens is 313 g/mol. The van der Waals surface area contributed by atoms with Gasteiger partial charge in [0.05, 0.1) is 9.47 Å². The summed E-state index contributed by atoms with van der Waals surface area (Å²) in [4.78, 5) is 0. The van der Waals surface area contributed by atoms with Crippen LogP contribution in [0.4, 0.5) is 10.1 Å². The van der Waals surface area contributed by atoms with Gasteiger partial charge in [0, 0.05) is 11.6 Å². The first-order valence-corrected chi connectivity index (χ1v) is 6.62. The molecule has 1 N–H and O–H groups in total. The van der Waals surface area contributed by atoms with Crippen molar-refractivity contribution in [3.8, 4) is 0 Å². The zero-order valence-corrected chi connectivity index (χ0v) is 11.3. The number of hydrogen-bond donors (Lipinski definition) is 1. The molecule has 0 aliphatic carbocycles. The lowest BCUT2D eigenvalue weighted by molar-refractivity contribution is 0.630. The van der Waals surface area contributed by atoms with E-state index >= 15 is 0 Å². The molecule has 16 heavy (non-hydrogen) atoms. The summed E-state index contributed by atoms with van der Waals surface area (Å²) in [5.74, 6) is -0.293. The van der Waals surface area contributed by atoms with Crippen molar-refractivity contribution >= 4 is 44.6 Å². The van der Waals surface area contributed by atoms with Crippen LogP contribution in [-0.2, 0) is 6.54 Å². The number of benzene rings is 1. The van der Waals surface area contributed by atoms with Crippen LogP contribution >= 0.6 is 38.9 Å². The van der Waals surface area contributed by atoms with Gasteiger partial charge in [0.2, 0.25) is 0 Å². The van der Waals surface area contributed by atoms with Gasteiger partial charge in [-0.15, -0.1) is 11.3 Å². The van der Waals surface area contributed by atoms with Gasteiger partial charge in [0.25, 0.3) is 0 Å². The van der Waals surface area contributed by atoms with Crippen LogP contribution in [0.1, 0.15) is 5.56 Å². The Kier molecular flexibility index (Phi) is 3.84. The summed E-state index contributed by atoms with van der Waals surface area (Å²) in [6.45, 7) is 0.583. The fraction of sp³-hybridized carbons (Fsp3) is 0.0909. The normalized spacial score (nSPS) is 10.4. The summed E-state index contributed by atoms with van der Waals surface area (Å²) >= 11 is 10.8. The fourth-order valence-corrected chi connectivity index (χ4v) is 2.65. The van der Waals surface area contributed by atoms with Crippen molar-refractivity contribution in [2.24, 2.45) is 0 Å². The second-order valence-corrected chi connectivity index (χ2v) is 5.96. The van der Waals surface area contributed by atoms with Crippen molar-refractivity contribution < 1.29 is 4.39 Å². The molecule has 1 aromatic heterocycles. The summed E-state index contributed by atoms with van der Waals surface area (Å²) < 4.78 is 14.4. The number of halogens is 3. The van der Waals surface area contributed by atoms with Crippen LogP contribution in [0.15, 0.2) is 33.4 Å². The van der Waals surface area contributed by atoms with E-state index in [9.17, 15) is 4.39 Å². The van der Waals surface area contributed by atoms with Gasteiger partial charge in [-0.05, 0) is 51.1 Å². The van der Waals surface area contributed by atoms with Crippen molar-refractivity contribution in [2.45, 2.75) is 6.54 Å². The lowest BCUT2D eigenvalue weighted by Crippen LogP contribution is -2.00. The number of thiophene rings is 1.